The number of hydrogen-bond acceptors (Lipinski definition) is 6. The van der Waals surface area contributed by atoms with Crippen molar-refractivity contribution in [2.75, 3.05) is 12.3 Å². The highest BCUT2D eigenvalue weighted by Crippen LogP contribution is 2.42. The van der Waals surface area contributed by atoms with E-state index in [1.165, 1.54) is 23.8 Å². The first kappa shape index (κ1) is 15.5. The quantitative estimate of drug-likeness (QED) is 0.541. The second-order valence-electron chi connectivity index (χ2n) is 5.21. The zero-order chi connectivity index (χ0) is 16.8. The van der Waals surface area contributed by atoms with Gasteiger partial charge in [-0.3, -0.25) is 9.78 Å². The zero-order valence-electron chi connectivity index (χ0n) is 12.2. The van der Waals surface area contributed by atoms with Gasteiger partial charge in [0.15, 0.2) is 11.9 Å². The molecule has 3 rings (SSSR count). The third kappa shape index (κ3) is 2.19. The van der Waals surface area contributed by atoms with Gasteiger partial charge in [0.05, 0.1) is 12.0 Å². The summed E-state index contributed by atoms with van der Waals surface area (Å²) in [6.07, 6.45) is -2.78. The molecule has 2 unspecified atom stereocenters. The number of aromatic amines is 1. The average molecular weight is 322 g/mol. The van der Waals surface area contributed by atoms with Crippen molar-refractivity contribution in [2.24, 2.45) is 0 Å². The molecule has 0 aliphatic carbocycles. The molecule has 0 amide bonds. The van der Waals surface area contributed by atoms with Crippen LogP contribution in [0.3, 0.4) is 0 Å². The van der Waals surface area contributed by atoms with Crippen molar-refractivity contribution in [3.63, 3.8) is 0 Å². The summed E-state index contributed by atoms with van der Waals surface area (Å²) in [6, 6.07) is 1.43. The van der Waals surface area contributed by atoms with Gasteiger partial charge in [-0.05, 0) is 13.0 Å². The second kappa shape index (κ2) is 5.34. The third-order valence-corrected chi connectivity index (χ3v) is 3.79. The number of anilines is 1. The van der Waals surface area contributed by atoms with E-state index < -0.39 is 36.3 Å². The predicted octanol–water partition coefficient (Wildman–Crippen LogP) is -0.711. The van der Waals surface area contributed by atoms with E-state index in [4.69, 9.17) is 10.5 Å². The molecule has 23 heavy (non-hydrogen) atoms. The van der Waals surface area contributed by atoms with Crippen LogP contribution in [0.15, 0.2) is 17.1 Å². The van der Waals surface area contributed by atoms with E-state index in [0.717, 1.165) is 0 Å². The van der Waals surface area contributed by atoms with E-state index in [2.05, 4.69) is 21.8 Å². The number of nitrogens with two attached hydrogens (primary N) is 1. The number of H-pyrrole nitrogens is 1. The monoisotopic (exact) mass is 322 g/mol. The Morgan fingerprint density at radius 3 is 3.04 bits per heavy atom. The van der Waals surface area contributed by atoms with E-state index >= 15 is 4.39 Å². The van der Waals surface area contributed by atoms with Crippen LogP contribution in [0, 0.1) is 11.8 Å². The number of halogens is 1. The van der Waals surface area contributed by atoms with E-state index in [1.54, 1.807) is 0 Å². The molecule has 8 nitrogen and oxygen atoms in total. The van der Waals surface area contributed by atoms with E-state index in [1.807, 2.05) is 0 Å². The van der Waals surface area contributed by atoms with Crippen molar-refractivity contribution >= 4 is 17.0 Å². The van der Waals surface area contributed by atoms with Crippen LogP contribution in [0.2, 0.25) is 0 Å². The molecule has 1 aliphatic heterocycles. The topological polar surface area (TPSA) is 126 Å². The summed E-state index contributed by atoms with van der Waals surface area (Å²) in [7, 11) is 0. The number of fused-ring (bicyclic) bond motifs is 1. The number of nitrogens with one attached hydrogen (secondary N) is 1. The third-order valence-electron chi connectivity index (χ3n) is 3.79. The largest absolute Gasteiger partial charge is 0.394 e. The first-order chi connectivity index (χ1) is 10.9. The maximum Gasteiger partial charge on any atom is 0.261 e. The molecule has 2 aromatic rings. The van der Waals surface area contributed by atoms with Gasteiger partial charge in [0.1, 0.15) is 12.2 Å². The fourth-order valence-corrected chi connectivity index (χ4v) is 2.74. The molecule has 3 heterocycles. The zero-order valence-corrected chi connectivity index (χ0v) is 12.2. The van der Waals surface area contributed by atoms with Crippen LogP contribution in [0.1, 0.15) is 13.2 Å². The molecule has 2 aromatic heterocycles. The summed E-state index contributed by atoms with van der Waals surface area (Å²) in [5.41, 5.74) is 2.68. The van der Waals surface area contributed by atoms with Crippen LogP contribution in [-0.4, -0.2) is 49.2 Å². The SMILES string of the molecule is CC#CC1(F)C(O)[C@@H](CO)O[C@H]1n1ccc2c(=O)[nH]c(N)nc21. The minimum atomic E-state index is -2.47. The minimum Gasteiger partial charge on any atom is -0.394 e. The molecule has 9 heteroatoms. The number of alkyl halides is 1. The van der Waals surface area contributed by atoms with Crippen molar-refractivity contribution in [1.82, 2.24) is 14.5 Å². The van der Waals surface area contributed by atoms with E-state index in [-0.39, 0.29) is 17.0 Å². The lowest BCUT2D eigenvalue weighted by molar-refractivity contribution is -0.0501. The highest BCUT2D eigenvalue weighted by molar-refractivity contribution is 5.76. The maximum atomic E-state index is 15.3. The number of nitrogen functional groups attached to an aromatic ring is 1. The number of hydrogen-bond donors (Lipinski definition) is 4. The lowest BCUT2D eigenvalue weighted by atomic mass is 9.96. The molecule has 1 fully saturated rings. The number of rotatable bonds is 2. The second-order valence-corrected chi connectivity index (χ2v) is 5.21. The molecule has 1 aliphatic rings. The fourth-order valence-electron chi connectivity index (χ4n) is 2.74. The van der Waals surface area contributed by atoms with Crippen LogP contribution in [-0.2, 0) is 4.74 Å². The summed E-state index contributed by atoms with van der Waals surface area (Å²) < 4.78 is 21.9. The average Bonchev–Trinajstić information content (AvgIpc) is 3.01. The molecular weight excluding hydrogens is 307 g/mol. The van der Waals surface area contributed by atoms with Gasteiger partial charge < -0.3 is 25.3 Å². The Labute approximate surface area is 129 Å². The Bertz CT molecular complexity index is 867. The lowest BCUT2D eigenvalue weighted by Gasteiger charge is -2.24. The van der Waals surface area contributed by atoms with E-state index in [9.17, 15) is 15.0 Å². The molecule has 5 N–H and O–H groups in total. The van der Waals surface area contributed by atoms with Crippen molar-refractivity contribution in [1.29, 1.82) is 0 Å². The normalized spacial score (nSPS) is 30.3. The molecular formula is C14H15FN4O4. The van der Waals surface area contributed by atoms with Crippen LogP contribution in [0.5, 0.6) is 0 Å². The summed E-state index contributed by atoms with van der Waals surface area (Å²) in [5, 5.41) is 19.5. The predicted molar refractivity (Wildman–Crippen MR) is 79.1 cm³/mol. The van der Waals surface area contributed by atoms with Gasteiger partial charge in [-0.2, -0.15) is 4.98 Å². The molecule has 0 radical (unpaired) electrons. The van der Waals surface area contributed by atoms with Gasteiger partial charge in [0.25, 0.3) is 5.56 Å². The summed E-state index contributed by atoms with van der Waals surface area (Å²) >= 11 is 0. The summed E-state index contributed by atoms with van der Waals surface area (Å²) in [4.78, 5) is 18.2. The van der Waals surface area contributed by atoms with Crippen molar-refractivity contribution in [2.45, 2.75) is 31.0 Å². The summed E-state index contributed by atoms with van der Waals surface area (Å²) in [6.45, 7) is 0.843. The molecule has 122 valence electrons. The van der Waals surface area contributed by atoms with Gasteiger partial charge in [-0.1, -0.05) is 5.92 Å². The molecule has 0 aromatic carbocycles. The smallest absolute Gasteiger partial charge is 0.261 e. The lowest BCUT2D eigenvalue weighted by Crippen LogP contribution is -2.42. The van der Waals surface area contributed by atoms with Gasteiger partial charge in [-0.25, -0.2) is 4.39 Å². The van der Waals surface area contributed by atoms with Crippen molar-refractivity contribution in [3.05, 3.63) is 22.6 Å². The van der Waals surface area contributed by atoms with Crippen LogP contribution in [0.4, 0.5) is 10.3 Å². The van der Waals surface area contributed by atoms with Gasteiger partial charge >= 0.3 is 0 Å². The molecule has 0 bridgehead atoms. The van der Waals surface area contributed by atoms with Crippen molar-refractivity contribution in [3.8, 4) is 11.8 Å². The van der Waals surface area contributed by atoms with Crippen LogP contribution >= 0.6 is 0 Å². The Morgan fingerprint density at radius 1 is 1.65 bits per heavy atom. The number of nitrogens with zero attached hydrogens (tertiary/aromatic N) is 2. The Morgan fingerprint density at radius 2 is 2.39 bits per heavy atom. The Hall–Kier alpha value is -2.41. The number of aromatic nitrogens is 3. The first-order valence-electron chi connectivity index (χ1n) is 6.86. The van der Waals surface area contributed by atoms with Crippen molar-refractivity contribution < 1.29 is 19.3 Å². The molecule has 0 saturated carbocycles. The number of aliphatic hydroxyl groups is 2. The highest BCUT2D eigenvalue weighted by atomic mass is 19.1. The minimum absolute atomic E-state index is 0.0990. The maximum absolute atomic E-state index is 15.3. The molecule has 4 atom stereocenters. The molecule has 1 saturated heterocycles. The summed E-state index contributed by atoms with van der Waals surface area (Å²) in [5.74, 6) is 4.58. The van der Waals surface area contributed by atoms with E-state index in [0.29, 0.717) is 0 Å². The van der Waals surface area contributed by atoms with Gasteiger partial charge in [0.2, 0.25) is 11.6 Å². The molecule has 0 spiro atoms. The standard InChI is InChI=1S/C14H15FN4O4/c1-2-4-14(15)9(21)8(6-20)23-12(14)19-5-3-7-10(19)17-13(16)18-11(7)22/h3,5,8-9,12,20-21H,6H2,1H3,(H3,16,17,18,22)/t8-,9?,12-,14?/m1/s1. The highest BCUT2D eigenvalue weighted by Gasteiger charge is 2.57. The Kier molecular flexibility index (Phi) is 3.60. The fraction of sp³-hybridized carbons (Fsp3) is 0.429. The first-order valence-corrected chi connectivity index (χ1v) is 6.86. The van der Waals surface area contributed by atoms with Gasteiger partial charge in [0, 0.05) is 6.20 Å². The van der Waals surface area contributed by atoms with Gasteiger partial charge in [-0.15, -0.1) is 5.92 Å². The number of ether oxygens (including phenoxy) is 1. The number of aliphatic hydroxyl groups excluding tert-OH is 2. The van der Waals surface area contributed by atoms with Crippen LogP contribution in [0.25, 0.3) is 11.0 Å². The van der Waals surface area contributed by atoms with Crippen LogP contribution < -0.4 is 11.3 Å². The Balaban J connectivity index is 2.20.